The van der Waals surface area contributed by atoms with E-state index >= 15 is 0 Å². The minimum Gasteiger partial charge on any atom is -0.379 e. The van der Waals surface area contributed by atoms with Crippen molar-refractivity contribution in [2.45, 2.75) is 39.3 Å². The molecule has 0 radical (unpaired) electrons. The highest BCUT2D eigenvalue weighted by atomic mass is 16.5. The van der Waals surface area contributed by atoms with Crippen molar-refractivity contribution in [3.8, 4) is 0 Å². The molecule has 1 aromatic rings. The summed E-state index contributed by atoms with van der Waals surface area (Å²) in [6, 6.07) is 7.82. The SMILES string of the molecule is CNC(CCN1CCOCC1C)c1cc(C)cc(C)c1. The summed E-state index contributed by atoms with van der Waals surface area (Å²) in [6.45, 7) is 10.5. The Morgan fingerprint density at radius 3 is 2.60 bits per heavy atom. The van der Waals surface area contributed by atoms with Crippen LogP contribution < -0.4 is 5.32 Å². The number of benzene rings is 1. The lowest BCUT2D eigenvalue weighted by Gasteiger charge is -2.34. The predicted octanol–water partition coefficient (Wildman–Crippen LogP) is 2.67. The molecule has 0 saturated carbocycles. The number of aryl methyl sites for hydroxylation is 2. The molecule has 20 heavy (non-hydrogen) atoms. The van der Waals surface area contributed by atoms with E-state index in [1.807, 2.05) is 0 Å². The van der Waals surface area contributed by atoms with Gasteiger partial charge in [0.1, 0.15) is 0 Å². The van der Waals surface area contributed by atoms with Crippen molar-refractivity contribution >= 4 is 0 Å². The molecule has 3 nitrogen and oxygen atoms in total. The largest absolute Gasteiger partial charge is 0.379 e. The third kappa shape index (κ3) is 4.05. The van der Waals surface area contributed by atoms with Gasteiger partial charge in [0.15, 0.2) is 0 Å². The quantitative estimate of drug-likeness (QED) is 0.895. The topological polar surface area (TPSA) is 24.5 Å². The van der Waals surface area contributed by atoms with E-state index in [0.29, 0.717) is 12.1 Å². The summed E-state index contributed by atoms with van der Waals surface area (Å²) in [4.78, 5) is 2.54. The van der Waals surface area contributed by atoms with Crippen molar-refractivity contribution in [1.29, 1.82) is 0 Å². The van der Waals surface area contributed by atoms with E-state index in [0.717, 1.165) is 32.7 Å². The highest BCUT2D eigenvalue weighted by molar-refractivity contribution is 5.30. The van der Waals surface area contributed by atoms with Gasteiger partial charge in [0, 0.05) is 25.2 Å². The Kier molecular flexibility index (Phi) is 5.58. The van der Waals surface area contributed by atoms with Gasteiger partial charge in [-0.3, -0.25) is 4.90 Å². The fourth-order valence-electron chi connectivity index (χ4n) is 3.08. The molecule has 1 aliphatic heterocycles. The molecular weight excluding hydrogens is 248 g/mol. The van der Waals surface area contributed by atoms with Gasteiger partial charge in [0.2, 0.25) is 0 Å². The summed E-state index contributed by atoms with van der Waals surface area (Å²) in [7, 11) is 2.06. The first-order valence-corrected chi connectivity index (χ1v) is 7.67. The first kappa shape index (κ1) is 15.5. The molecule has 2 atom stereocenters. The van der Waals surface area contributed by atoms with E-state index in [-0.39, 0.29) is 0 Å². The van der Waals surface area contributed by atoms with Crippen LogP contribution in [0.25, 0.3) is 0 Å². The number of hydrogen-bond acceptors (Lipinski definition) is 3. The Labute approximate surface area is 123 Å². The minimum atomic E-state index is 0.434. The number of morpholine rings is 1. The Morgan fingerprint density at radius 1 is 1.30 bits per heavy atom. The van der Waals surface area contributed by atoms with Crippen LogP contribution in [0.1, 0.15) is 36.1 Å². The van der Waals surface area contributed by atoms with Gasteiger partial charge in [0.25, 0.3) is 0 Å². The van der Waals surface area contributed by atoms with Crippen LogP contribution in [0.4, 0.5) is 0 Å². The van der Waals surface area contributed by atoms with Crippen molar-refractivity contribution in [2.24, 2.45) is 0 Å². The monoisotopic (exact) mass is 276 g/mol. The molecule has 1 N–H and O–H groups in total. The first-order chi connectivity index (χ1) is 9.60. The van der Waals surface area contributed by atoms with Crippen LogP contribution in [0.5, 0.6) is 0 Å². The zero-order valence-corrected chi connectivity index (χ0v) is 13.3. The molecule has 112 valence electrons. The van der Waals surface area contributed by atoms with E-state index in [2.05, 4.69) is 56.2 Å². The van der Waals surface area contributed by atoms with Gasteiger partial charge in [-0.05, 0) is 39.8 Å². The van der Waals surface area contributed by atoms with Gasteiger partial charge in [-0.2, -0.15) is 0 Å². The van der Waals surface area contributed by atoms with Crippen LogP contribution in [0.2, 0.25) is 0 Å². The van der Waals surface area contributed by atoms with Crippen LogP contribution in [0.3, 0.4) is 0 Å². The second kappa shape index (κ2) is 7.21. The standard InChI is InChI=1S/C17H28N2O/c1-13-9-14(2)11-16(10-13)17(18-4)5-6-19-7-8-20-12-15(19)3/h9-11,15,17-18H,5-8,12H2,1-4H3. The molecule has 2 rings (SSSR count). The Balaban J connectivity index is 1.97. The molecule has 3 heteroatoms. The third-order valence-electron chi connectivity index (χ3n) is 4.21. The van der Waals surface area contributed by atoms with Crippen LogP contribution in [0.15, 0.2) is 18.2 Å². The molecule has 1 fully saturated rings. The molecule has 1 aliphatic rings. The molecule has 1 aromatic carbocycles. The van der Waals surface area contributed by atoms with Crippen molar-refractivity contribution in [2.75, 3.05) is 33.4 Å². The smallest absolute Gasteiger partial charge is 0.0619 e. The summed E-state index contributed by atoms with van der Waals surface area (Å²) in [5, 5.41) is 3.47. The van der Waals surface area contributed by atoms with Crippen LogP contribution in [-0.2, 0) is 4.74 Å². The van der Waals surface area contributed by atoms with E-state index in [4.69, 9.17) is 4.74 Å². The van der Waals surface area contributed by atoms with Gasteiger partial charge in [-0.15, -0.1) is 0 Å². The summed E-state index contributed by atoms with van der Waals surface area (Å²) < 4.78 is 5.50. The number of hydrogen-bond donors (Lipinski definition) is 1. The van der Waals surface area contributed by atoms with Crippen molar-refractivity contribution in [3.05, 3.63) is 34.9 Å². The van der Waals surface area contributed by atoms with E-state index in [1.54, 1.807) is 0 Å². The van der Waals surface area contributed by atoms with Crippen LogP contribution >= 0.6 is 0 Å². The van der Waals surface area contributed by atoms with Crippen molar-refractivity contribution in [3.63, 3.8) is 0 Å². The minimum absolute atomic E-state index is 0.434. The molecule has 0 amide bonds. The van der Waals surface area contributed by atoms with Crippen LogP contribution in [0, 0.1) is 13.8 Å². The van der Waals surface area contributed by atoms with Crippen LogP contribution in [-0.4, -0.2) is 44.3 Å². The first-order valence-electron chi connectivity index (χ1n) is 7.67. The normalized spacial score (nSPS) is 21.9. The summed E-state index contributed by atoms with van der Waals surface area (Å²) in [6.07, 6.45) is 1.14. The second-order valence-corrected chi connectivity index (χ2v) is 6.01. The number of rotatable bonds is 5. The molecule has 1 heterocycles. The zero-order valence-electron chi connectivity index (χ0n) is 13.3. The van der Waals surface area contributed by atoms with E-state index in [9.17, 15) is 0 Å². The zero-order chi connectivity index (χ0) is 14.5. The Morgan fingerprint density at radius 2 is 2.00 bits per heavy atom. The summed E-state index contributed by atoms with van der Waals surface area (Å²) in [5.41, 5.74) is 4.10. The number of nitrogens with zero attached hydrogens (tertiary/aromatic N) is 1. The summed E-state index contributed by atoms with van der Waals surface area (Å²) in [5.74, 6) is 0. The molecule has 0 aliphatic carbocycles. The maximum Gasteiger partial charge on any atom is 0.0619 e. The van der Waals surface area contributed by atoms with E-state index in [1.165, 1.54) is 16.7 Å². The predicted molar refractivity (Wildman–Crippen MR) is 84.2 cm³/mol. The molecule has 1 saturated heterocycles. The van der Waals surface area contributed by atoms with Gasteiger partial charge < -0.3 is 10.1 Å². The third-order valence-corrected chi connectivity index (χ3v) is 4.21. The maximum absolute atomic E-state index is 5.50. The highest BCUT2D eigenvalue weighted by Gasteiger charge is 2.20. The second-order valence-electron chi connectivity index (χ2n) is 6.01. The van der Waals surface area contributed by atoms with Gasteiger partial charge >= 0.3 is 0 Å². The average Bonchev–Trinajstić information content (AvgIpc) is 2.40. The number of nitrogens with one attached hydrogen (secondary N) is 1. The average molecular weight is 276 g/mol. The molecular formula is C17H28N2O. The van der Waals surface area contributed by atoms with Gasteiger partial charge in [0.05, 0.1) is 13.2 Å². The molecule has 0 bridgehead atoms. The fourth-order valence-corrected chi connectivity index (χ4v) is 3.08. The van der Waals surface area contributed by atoms with Gasteiger partial charge in [-0.1, -0.05) is 29.3 Å². The lowest BCUT2D eigenvalue weighted by Crippen LogP contribution is -2.44. The highest BCUT2D eigenvalue weighted by Crippen LogP contribution is 2.21. The molecule has 2 unspecified atom stereocenters. The van der Waals surface area contributed by atoms with E-state index < -0.39 is 0 Å². The van der Waals surface area contributed by atoms with Gasteiger partial charge in [-0.25, -0.2) is 0 Å². The number of ether oxygens (including phenoxy) is 1. The maximum atomic E-state index is 5.50. The summed E-state index contributed by atoms with van der Waals surface area (Å²) >= 11 is 0. The fraction of sp³-hybridized carbons (Fsp3) is 0.647. The molecule has 0 aromatic heterocycles. The molecule has 0 spiro atoms. The van der Waals surface area contributed by atoms with Crippen molar-refractivity contribution < 1.29 is 4.74 Å². The lowest BCUT2D eigenvalue weighted by atomic mass is 9.99. The Bertz CT molecular complexity index is 413. The lowest BCUT2D eigenvalue weighted by molar-refractivity contribution is -0.00174. The Hall–Kier alpha value is -0.900. The van der Waals surface area contributed by atoms with Crippen molar-refractivity contribution in [1.82, 2.24) is 10.2 Å².